The Morgan fingerprint density at radius 3 is 2.61 bits per heavy atom. The molecule has 0 aromatic rings. The van der Waals surface area contributed by atoms with Gasteiger partial charge in [0.1, 0.15) is 9.84 Å². The molecule has 1 fully saturated rings. The summed E-state index contributed by atoms with van der Waals surface area (Å²) in [4.78, 5) is 2.41. The van der Waals surface area contributed by atoms with Gasteiger partial charge in [0.2, 0.25) is 0 Å². The largest absolute Gasteiger partial charge is 0.329 e. The molecule has 0 bridgehead atoms. The van der Waals surface area contributed by atoms with Crippen LogP contribution in [0, 0.1) is 5.92 Å². The SMILES string of the molecule is CCC1CCCN(CCCS(=O)(=O)CC)C1CN. The summed E-state index contributed by atoms with van der Waals surface area (Å²) in [5, 5.41) is 0. The van der Waals surface area contributed by atoms with Gasteiger partial charge in [0, 0.05) is 18.3 Å². The molecule has 1 aliphatic rings. The zero-order valence-electron chi connectivity index (χ0n) is 11.8. The van der Waals surface area contributed by atoms with Crippen molar-refractivity contribution in [3.05, 3.63) is 0 Å². The smallest absolute Gasteiger partial charge is 0.150 e. The first-order valence-electron chi connectivity index (χ1n) is 7.18. The summed E-state index contributed by atoms with van der Waals surface area (Å²) in [6.45, 7) is 6.57. The number of sulfone groups is 1. The molecule has 0 spiro atoms. The van der Waals surface area contributed by atoms with Crippen molar-refractivity contribution in [3.8, 4) is 0 Å². The van der Waals surface area contributed by atoms with Crippen LogP contribution in [0.1, 0.15) is 39.5 Å². The van der Waals surface area contributed by atoms with E-state index in [4.69, 9.17) is 5.73 Å². The molecule has 2 unspecified atom stereocenters. The van der Waals surface area contributed by atoms with Gasteiger partial charge < -0.3 is 5.73 Å². The maximum Gasteiger partial charge on any atom is 0.150 e. The van der Waals surface area contributed by atoms with Crippen molar-refractivity contribution in [1.82, 2.24) is 4.90 Å². The lowest BCUT2D eigenvalue weighted by Gasteiger charge is -2.40. The van der Waals surface area contributed by atoms with E-state index in [1.165, 1.54) is 19.3 Å². The van der Waals surface area contributed by atoms with Crippen molar-refractivity contribution in [2.24, 2.45) is 11.7 Å². The van der Waals surface area contributed by atoms with E-state index in [2.05, 4.69) is 11.8 Å². The fraction of sp³-hybridized carbons (Fsp3) is 1.00. The van der Waals surface area contributed by atoms with Crippen LogP contribution in [0.25, 0.3) is 0 Å². The highest BCUT2D eigenvalue weighted by Gasteiger charge is 2.28. The second-order valence-corrected chi connectivity index (χ2v) is 7.71. The molecule has 0 radical (unpaired) electrons. The zero-order chi connectivity index (χ0) is 13.6. The molecule has 1 saturated heterocycles. The molecule has 0 aromatic heterocycles. The van der Waals surface area contributed by atoms with E-state index in [-0.39, 0.29) is 5.75 Å². The van der Waals surface area contributed by atoms with Crippen molar-refractivity contribution in [1.29, 1.82) is 0 Å². The third-order valence-electron chi connectivity index (χ3n) is 4.14. The van der Waals surface area contributed by atoms with E-state index in [1.807, 2.05) is 0 Å². The summed E-state index contributed by atoms with van der Waals surface area (Å²) in [7, 11) is -2.82. The number of likely N-dealkylation sites (tertiary alicyclic amines) is 1. The highest BCUT2D eigenvalue weighted by atomic mass is 32.2. The van der Waals surface area contributed by atoms with Gasteiger partial charge in [-0.05, 0) is 38.3 Å². The standard InChI is InChI=1S/C13H28N2O2S/c1-3-12-7-5-8-15(13(12)11-14)9-6-10-18(16,17)4-2/h12-13H,3-11,14H2,1-2H3. The van der Waals surface area contributed by atoms with Gasteiger partial charge in [0.25, 0.3) is 0 Å². The molecule has 0 aliphatic carbocycles. The minimum atomic E-state index is -2.82. The van der Waals surface area contributed by atoms with Crippen LogP contribution < -0.4 is 5.73 Å². The van der Waals surface area contributed by atoms with E-state index in [1.54, 1.807) is 6.92 Å². The summed E-state index contributed by atoms with van der Waals surface area (Å²) in [5.74, 6) is 1.26. The number of rotatable bonds is 7. The Kier molecular flexibility index (Phi) is 6.60. The lowest BCUT2D eigenvalue weighted by molar-refractivity contribution is 0.0957. The van der Waals surface area contributed by atoms with Crippen LogP contribution in [0.5, 0.6) is 0 Å². The molecule has 0 amide bonds. The first-order chi connectivity index (χ1) is 8.54. The van der Waals surface area contributed by atoms with E-state index in [0.29, 0.717) is 24.3 Å². The van der Waals surface area contributed by atoms with Crippen LogP contribution in [-0.2, 0) is 9.84 Å². The Hall–Kier alpha value is -0.130. The zero-order valence-corrected chi connectivity index (χ0v) is 12.6. The van der Waals surface area contributed by atoms with Crippen LogP contribution in [0.3, 0.4) is 0 Å². The second kappa shape index (κ2) is 7.46. The lowest BCUT2D eigenvalue weighted by Crippen LogP contribution is -2.49. The first-order valence-corrected chi connectivity index (χ1v) is 9.00. The van der Waals surface area contributed by atoms with Gasteiger partial charge in [-0.25, -0.2) is 8.42 Å². The summed E-state index contributed by atoms with van der Waals surface area (Å²) in [6, 6.07) is 0.452. The van der Waals surface area contributed by atoms with Crippen molar-refractivity contribution in [2.75, 3.05) is 31.1 Å². The monoisotopic (exact) mass is 276 g/mol. The fourth-order valence-electron chi connectivity index (χ4n) is 2.94. The van der Waals surface area contributed by atoms with Crippen LogP contribution in [0.2, 0.25) is 0 Å². The maximum absolute atomic E-state index is 11.5. The topological polar surface area (TPSA) is 63.4 Å². The van der Waals surface area contributed by atoms with Gasteiger partial charge in [-0.3, -0.25) is 4.90 Å². The summed E-state index contributed by atoms with van der Waals surface area (Å²) in [5.41, 5.74) is 5.88. The summed E-state index contributed by atoms with van der Waals surface area (Å²) < 4.78 is 22.9. The van der Waals surface area contributed by atoms with Crippen molar-refractivity contribution < 1.29 is 8.42 Å². The third-order valence-corrected chi connectivity index (χ3v) is 5.93. The fourth-order valence-corrected chi connectivity index (χ4v) is 3.80. The first kappa shape index (κ1) is 15.9. The van der Waals surface area contributed by atoms with Gasteiger partial charge in [-0.2, -0.15) is 0 Å². The summed E-state index contributed by atoms with van der Waals surface area (Å²) >= 11 is 0. The lowest BCUT2D eigenvalue weighted by atomic mass is 9.87. The van der Waals surface area contributed by atoms with Gasteiger partial charge >= 0.3 is 0 Å². The number of nitrogens with two attached hydrogens (primary N) is 1. The molecule has 2 atom stereocenters. The Balaban J connectivity index is 2.44. The molecule has 18 heavy (non-hydrogen) atoms. The Labute approximate surface area is 112 Å². The highest BCUT2D eigenvalue weighted by Crippen LogP contribution is 2.25. The molecule has 1 heterocycles. The second-order valence-electron chi connectivity index (χ2n) is 5.24. The molecular formula is C13H28N2O2S. The van der Waals surface area contributed by atoms with E-state index < -0.39 is 9.84 Å². The van der Waals surface area contributed by atoms with Gasteiger partial charge in [0.15, 0.2) is 0 Å². The van der Waals surface area contributed by atoms with Crippen LogP contribution in [0.15, 0.2) is 0 Å². The molecule has 1 aliphatic heterocycles. The molecule has 0 saturated carbocycles. The van der Waals surface area contributed by atoms with Crippen LogP contribution in [0.4, 0.5) is 0 Å². The van der Waals surface area contributed by atoms with E-state index in [0.717, 1.165) is 19.5 Å². The van der Waals surface area contributed by atoms with Crippen molar-refractivity contribution in [2.45, 2.75) is 45.6 Å². The average molecular weight is 276 g/mol. The molecule has 4 nitrogen and oxygen atoms in total. The maximum atomic E-state index is 11.5. The molecule has 108 valence electrons. The minimum absolute atomic E-state index is 0.255. The minimum Gasteiger partial charge on any atom is -0.329 e. The normalized spacial score (nSPS) is 26.4. The predicted molar refractivity (Wildman–Crippen MR) is 76.4 cm³/mol. The van der Waals surface area contributed by atoms with E-state index >= 15 is 0 Å². The number of nitrogens with zero attached hydrogens (tertiary/aromatic N) is 1. The van der Waals surface area contributed by atoms with Gasteiger partial charge in [-0.15, -0.1) is 0 Å². The highest BCUT2D eigenvalue weighted by molar-refractivity contribution is 7.91. The van der Waals surface area contributed by atoms with Crippen LogP contribution >= 0.6 is 0 Å². The molecular weight excluding hydrogens is 248 g/mol. The van der Waals surface area contributed by atoms with E-state index in [9.17, 15) is 8.42 Å². The van der Waals surface area contributed by atoms with Gasteiger partial charge in [0.05, 0.1) is 5.75 Å². The van der Waals surface area contributed by atoms with Gasteiger partial charge in [-0.1, -0.05) is 20.3 Å². The number of piperidine rings is 1. The van der Waals surface area contributed by atoms with Crippen molar-refractivity contribution in [3.63, 3.8) is 0 Å². The number of hydrogen-bond acceptors (Lipinski definition) is 4. The predicted octanol–water partition coefficient (Wildman–Crippen LogP) is 1.26. The summed E-state index contributed by atoms with van der Waals surface area (Å²) in [6.07, 6.45) is 4.40. The molecule has 5 heteroatoms. The third kappa shape index (κ3) is 4.52. The Morgan fingerprint density at radius 1 is 1.33 bits per heavy atom. The average Bonchev–Trinajstić information content (AvgIpc) is 2.38. The van der Waals surface area contributed by atoms with Crippen molar-refractivity contribution >= 4 is 9.84 Å². The quantitative estimate of drug-likeness (QED) is 0.760. The molecule has 0 aromatic carbocycles. The molecule has 1 rings (SSSR count). The molecule has 2 N–H and O–H groups in total. The number of hydrogen-bond donors (Lipinski definition) is 1. The van der Waals surface area contributed by atoms with Crippen LogP contribution in [-0.4, -0.2) is 50.5 Å². The Bertz CT molecular complexity index is 330. The Morgan fingerprint density at radius 2 is 2.06 bits per heavy atom.